The van der Waals surface area contributed by atoms with Gasteiger partial charge in [-0.05, 0) is 38.9 Å². The summed E-state index contributed by atoms with van der Waals surface area (Å²) in [5.41, 5.74) is -2.47. The second kappa shape index (κ2) is 6.02. The molecule has 6 heteroatoms. The van der Waals surface area contributed by atoms with Crippen LogP contribution in [0.4, 0.5) is 13.2 Å². The summed E-state index contributed by atoms with van der Waals surface area (Å²) in [6.45, 7) is 5.25. The van der Waals surface area contributed by atoms with E-state index in [-0.39, 0.29) is 12.8 Å². The van der Waals surface area contributed by atoms with Crippen molar-refractivity contribution in [2.45, 2.75) is 38.0 Å². The topological polar surface area (TPSA) is 35.5 Å². The van der Waals surface area contributed by atoms with Crippen LogP contribution in [0.15, 0.2) is 0 Å². The lowest BCUT2D eigenvalue weighted by molar-refractivity contribution is -0.272. The number of nitrogens with zero attached hydrogens (tertiary/aromatic N) is 1. The monoisotopic (exact) mass is 254 g/mol. The van der Waals surface area contributed by atoms with Gasteiger partial charge in [0.15, 0.2) is 5.60 Å². The maximum Gasteiger partial charge on any atom is 0.417 e. The normalized spacial score (nSPS) is 21.7. The molecule has 1 aliphatic rings. The molecule has 17 heavy (non-hydrogen) atoms. The van der Waals surface area contributed by atoms with Gasteiger partial charge in [-0.2, -0.15) is 13.2 Å². The molecule has 0 atom stereocenters. The van der Waals surface area contributed by atoms with Crippen molar-refractivity contribution in [1.29, 1.82) is 0 Å². The first-order valence-electron chi connectivity index (χ1n) is 6.11. The van der Waals surface area contributed by atoms with Crippen LogP contribution in [0.3, 0.4) is 0 Å². The van der Waals surface area contributed by atoms with Crippen LogP contribution in [0.1, 0.15) is 26.2 Å². The summed E-state index contributed by atoms with van der Waals surface area (Å²) >= 11 is 0. The van der Waals surface area contributed by atoms with Crippen molar-refractivity contribution < 1.29 is 18.3 Å². The predicted octanol–water partition coefficient (Wildman–Crippen LogP) is 1.38. The highest BCUT2D eigenvalue weighted by molar-refractivity contribution is 4.91. The van der Waals surface area contributed by atoms with E-state index in [4.69, 9.17) is 0 Å². The van der Waals surface area contributed by atoms with Gasteiger partial charge < -0.3 is 15.3 Å². The van der Waals surface area contributed by atoms with Gasteiger partial charge in [-0.3, -0.25) is 0 Å². The summed E-state index contributed by atoms with van der Waals surface area (Å²) < 4.78 is 37.6. The molecule has 2 N–H and O–H groups in total. The van der Waals surface area contributed by atoms with Crippen molar-refractivity contribution in [3.05, 3.63) is 0 Å². The molecule has 0 aromatic rings. The van der Waals surface area contributed by atoms with Gasteiger partial charge in [0.05, 0.1) is 0 Å². The number of aliphatic hydroxyl groups is 1. The van der Waals surface area contributed by atoms with Crippen LogP contribution in [0.25, 0.3) is 0 Å². The van der Waals surface area contributed by atoms with E-state index < -0.39 is 11.8 Å². The molecular weight excluding hydrogens is 233 g/mol. The molecule has 0 aliphatic carbocycles. The largest absolute Gasteiger partial charge is 0.417 e. The smallest absolute Gasteiger partial charge is 0.380 e. The van der Waals surface area contributed by atoms with Crippen LogP contribution in [0.5, 0.6) is 0 Å². The van der Waals surface area contributed by atoms with E-state index in [1.807, 2.05) is 11.8 Å². The molecule has 1 fully saturated rings. The van der Waals surface area contributed by atoms with Crippen molar-refractivity contribution in [3.8, 4) is 0 Å². The number of nitrogens with one attached hydrogen (secondary N) is 1. The van der Waals surface area contributed by atoms with Crippen molar-refractivity contribution in [2.75, 3.05) is 32.7 Å². The minimum absolute atomic E-state index is 0.211. The second-order valence-corrected chi connectivity index (χ2v) is 4.58. The number of piperidine rings is 1. The molecular formula is C11H21F3N2O. The molecule has 0 radical (unpaired) electrons. The van der Waals surface area contributed by atoms with Gasteiger partial charge in [0, 0.05) is 13.1 Å². The Morgan fingerprint density at radius 3 is 2.35 bits per heavy atom. The maximum absolute atomic E-state index is 12.5. The summed E-state index contributed by atoms with van der Waals surface area (Å²) in [5, 5.41) is 12.6. The van der Waals surface area contributed by atoms with E-state index in [0.717, 1.165) is 26.1 Å². The molecule has 3 nitrogen and oxygen atoms in total. The summed E-state index contributed by atoms with van der Waals surface area (Å²) in [4.78, 5) is 1.98. The fourth-order valence-corrected chi connectivity index (χ4v) is 2.03. The van der Waals surface area contributed by atoms with E-state index in [9.17, 15) is 18.3 Å². The number of likely N-dealkylation sites (tertiary alicyclic amines) is 1. The molecule has 0 aromatic heterocycles. The lowest BCUT2D eigenvalue weighted by atomic mass is 9.91. The SMILES string of the molecule is CCNCCCN1CCC(O)(C(F)(F)F)CC1. The van der Waals surface area contributed by atoms with Gasteiger partial charge in [-0.1, -0.05) is 6.92 Å². The zero-order valence-corrected chi connectivity index (χ0v) is 10.2. The Labute approximate surface area is 100.0 Å². The van der Waals surface area contributed by atoms with Gasteiger partial charge in [0.1, 0.15) is 0 Å². The van der Waals surface area contributed by atoms with Gasteiger partial charge in [0.2, 0.25) is 0 Å². The summed E-state index contributed by atoms with van der Waals surface area (Å²) in [5.74, 6) is 0. The lowest BCUT2D eigenvalue weighted by Gasteiger charge is -2.39. The Bertz CT molecular complexity index is 225. The molecule has 0 unspecified atom stereocenters. The number of hydrogen-bond donors (Lipinski definition) is 2. The van der Waals surface area contributed by atoms with Crippen molar-refractivity contribution >= 4 is 0 Å². The first kappa shape index (κ1) is 14.7. The predicted molar refractivity (Wildman–Crippen MR) is 59.8 cm³/mol. The third-order valence-electron chi connectivity index (χ3n) is 3.29. The molecule has 0 bridgehead atoms. The third-order valence-corrected chi connectivity index (χ3v) is 3.29. The van der Waals surface area contributed by atoms with E-state index in [2.05, 4.69) is 5.32 Å². The third kappa shape index (κ3) is 4.12. The molecule has 1 rings (SSSR count). The highest BCUT2D eigenvalue weighted by atomic mass is 19.4. The van der Waals surface area contributed by atoms with Crippen LogP contribution in [0.2, 0.25) is 0 Å². The van der Waals surface area contributed by atoms with Crippen LogP contribution in [-0.2, 0) is 0 Å². The van der Waals surface area contributed by atoms with Crippen LogP contribution in [0, 0.1) is 0 Å². The van der Waals surface area contributed by atoms with E-state index >= 15 is 0 Å². The Balaban J connectivity index is 2.26. The first-order chi connectivity index (χ1) is 7.89. The summed E-state index contributed by atoms with van der Waals surface area (Å²) in [7, 11) is 0. The maximum atomic E-state index is 12.5. The van der Waals surface area contributed by atoms with E-state index in [0.29, 0.717) is 13.1 Å². The van der Waals surface area contributed by atoms with Crippen molar-refractivity contribution in [3.63, 3.8) is 0 Å². The fraction of sp³-hybridized carbons (Fsp3) is 1.00. The number of halogens is 3. The van der Waals surface area contributed by atoms with Crippen molar-refractivity contribution in [1.82, 2.24) is 10.2 Å². The minimum atomic E-state index is -4.50. The average molecular weight is 254 g/mol. The molecule has 0 spiro atoms. The molecule has 1 saturated heterocycles. The van der Waals surface area contributed by atoms with Gasteiger partial charge >= 0.3 is 6.18 Å². The average Bonchev–Trinajstić information content (AvgIpc) is 2.25. The molecule has 0 amide bonds. The molecule has 0 aromatic carbocycles. The Morgan fingerprint density at radius 1 is 1.29 bits per heavy atom. The lowest BCUT2D eigenvalue weighted by Crippen LogP contribution is -2.53. The highest BCUT2D eigenvalue weighted by Gasteiger charge is 2.54. The minimum Gasteiger partial charge on any atom is -0.380 e. The zero-order valence-electron chi connectivity index (χ0n) is 10.2. The van der Waals surface area contributed by atoms with E-state index in [1.165, 1.54) is 0 Å². The van der Waals surface area contributed by atoms with Gasteiger partial charge in [-0.25, -0.2) is 0 Å². The zero-order chi connectivity index (χ0) is 12.9. The molecule has 102 valence electrons. The van der Waals surface area contributed by atoms with Crippen molar-refractivity contribution in [2.24, 2.45) is 0 Å². The van der Waals surface area contributed by atoms with E-state index in [1.54, 1.807) is 0 Å². The Hall–Kier alpha value is -0.330. The molecule has 1 heterocycles. The van der Waals surface area contributed by atoms with Gasteiger partial charge in [0.25, 0.3) is 0 Å². The molecule has 1 aliphatic heterocycles. The Morgan fingerprint density at radius 2 is 1.88 bits per heavy atom. The number of rotatable bonds is 5. The summed E-state index contributed by atoms with van der Waals surface area (Å²) in [6, 6.07) is 0. The first-order valence-corrected chi connectivity index (χ1v) is 6.11. The number of alkyl halides is 3. The van der Waals surface area contributed by atoms with Crippen LogP contribution >= 0.6 is 0 Å². The number of hydrogen-bond acceptors (Lipinski definition) is 3. The van der Waals surface area contributed by atoms with Gasteiger partial charge in [-0.15, -0.1) is 0 Å². The molecule has 0 saturated carbocycles. The Kier molecular flexibility index (Phi) is 5.22. The van der Waals surface area contributed by atoms with Crippen LogP contribution < -0.4 is 5.32 Å². The second-order valence-electron chi connectivity index (χ2n) is 4.58. The van der Waals surface area contributed by atoms with Crippen LogP contribution in [-0.4, -0.2) is 54.5 Å². The highest BCUT2D eigenvalue weighted by Crippen LogP contribution is 2.38. The standard InChI is InChI=1S/C11H21F3N2O/c1-2-15-6-3-7-16-8-4-10(17,5-9-16)11(12,13)14/h15,17H,2-9H2,1H3. The summed E-state index contributed by atoms with van der Waals surface area (Å²) in [6.07, 6.45) is -3.99. The fourth-order valence-electron chi connectivity index (χ4n) is 2.03. The quantitative estimate of drug-likeness (QED) is 0.727.